The minimum Gasteiger partial charge on any atom is -0.451 e. The molecule has 3 rings (SSSR count). The number of carbonyl (C=O) groups is 5. The van der Waals surface area contributed by atoms with E-state index < -0.39 is 35.9 Å². The van der Waals surface area contributed by atoms with Gasteiger partial charge in [0, 0.05) is 18.3 Å². The Labute approximate surface area is 179 Å². The average molecular weight is 427 g/mol. The van der Waals surface area contributed by atoms with Crippen LogP contribution >= 0.6 is 0 Å². The first-order valence-corrected chi connectivity index (χ1v) is 10.1. The molecule has 1 aliphatic heterocycles. The van der Waals surface area contributed by atoms with Crippen molar-refractivity contribution < 1.29 is 28.7 Å². The predicted molar refractivity (Wildman–Crippen MR) is 112 cm³/mol. The molecule has 0 saturated carbocycles. The van der Waals surface area contributed by atoms with Crippen molar-refractivity contribution in [1.29, 1.82) is 0 Å². The summed E-state index contributed by atoms with van der Waals surface area (Å²) in [5, 5.41) is 5.22. The second-order valence-corrected chi connectivity index (χ2v) is 7.71. The summed E-state index contributed by atoms with van der Waals surface area (Å²) in [6.45, 7) is 4.22. The molecule has 0 unspecified atom stereocenters. The molecule has 2 N–H and O–H groups in total. The number of nitrogens with one attached hydrogen (secondary N) is 2. The number of benzene rings is 1. The summed E-state index contributed by atoms with van der Waals surface area (Å²) in [6, 6.07) is 5.32. The highest BCUT2D eigenvalue weighted by atomic mass is 16.5. The van der Waals surface area contributed by atoms with Crippen LogP contribution in [0, 0.1) is 11.8 Å². The van der Waals surface area contributed by atoms with Crippen LogP contribution in [0.1, 0.15) is 33.6 Å². The standard InChI is InChI=1S/C22H25N3O6/c1-12(25-20(28)17-6-4-5-7-18(17)21(25)29)22(30)31-13(2)19(27)24-16-10-8-15(9-11-16)23-14(3)26/h4-5,8-13,17-18H,6-7H2,1-3H3,(H,23,26)(H,24,27)/t12-,13-,17-,18-/m0/s1. The molecular formula is C22H25N3O6. The maximum absolute atomic E-state index is 12.6. The van der Waals surface area contributed by atoms with E-state index in [9.17, 15) is 24.0 Å². The van der Waals surface area contributed by atoms with E-state index in [0.717, 1.165) is 4.90 Å². The lowest BCUT2D eigenvalue weighted by Crippen LogP contribution is -2.46. The van der Waals surface area contributed by atoms with Gasteiger partial charge in [-0.2, -0.15) is 0 Å². The van der Waals surface area contributed by atoms with Crippen molar-refractivity contribution in [2.75, 3.05) is 10.6 Å². The van der Waals surface area contributed by atoms with E-state index in [1.54, 1.807) is 24.3 Å². The highest BCUT2D eigenvalue weighted by molar-refractivity contribution is 6.08. The van der Waals surface area contributed by atoms with Crippen molar-refractivity contribution in [2.45, 2.75) is 45.8 Å². The van der Waals surface area contributed by atoms with Gasteiger partial charge in [0.1, 0.15) is 6.04 Å². The van der Waals surface area contributed by atoms with Gasteiger partial charge in [-0.25, -0.2) is 4.79 Å². The number of hydrogen-bond donors (Lipinski definition) is 2. The minimum absolute atomic E-state index is 0.211. The second kappa shape index (κ2) is 9.11. The second-order valence-electron chi connectivity index (χ2n) is 7.71. The largest absolute Gasteiger partial charge is 0.451 e. The fourth-order valence-corrected chi connectivity index (χ4v) is 3.72. The Bertz CT molecular complexity index is 913. The first-order valence-electron chi connectivity index (χ1n) is 10.1. The molecular weight excluding hydrogens is 402 g/mol. The molecule has 31 heavy (non-hydrogen) atoms. The van der Waals surface area contributed by atoms with E-state index in [-0.39, 0.29) is 17.7 Å². The normalized spacial score (nSPS) is 21.8. The lowest BCUT2D eigenvalue weighted by Gasteiger charge is -2.23. The number of hydrogen-bond acceptors (Lipinski definition) is 6. The molecule has 0 bridgehead atoms. The van der Waals surface area contributed by atoms with Gasteiger partial charge in [0.05, 0.1) is 11.8 Å². The highest BCUT2D eigenvalue weighted by Gasteiger charge is 2.50. The molecule has 4 amide bonds. The van der Waals surface area contributed by atoms with Crippen molar-refractivity contribution >= 4 is 41.0 Å². The summed E-state index contributed by atoms with van der Waals surface area (Å²) in [5.41, 5.74) is 1.03. The van der Waals surface area contributed by atoms with E-state index in [2.05, 4.69) is 10.6 Å². The van der Waals surface area contributed by atoms with E-state index in [0.29, 0.717) is 24.2 Å². The molecule has 1 heterocycles. The SMILES string of the molecule is CC(=O)Nc1ccc(NC(=O)[C@H](C)OC(=O)[C@H](C)N2C(=O)[C@H]3CC=CC[C@@H]3C2=O)cc1. The number of ether oxygens (including phenoxy) is 1. The Kier molecular flexibility index (Phi) is 6.53. The summed E-state index contributed by atoms with van der Waals surface area (Å²) in [4.78, 5) is 62.2. The Morgan fingerprint density at radius 1 is 0.935 bits per heavy atom. The summed E-state index contributed by atoms with van der Waals surface area (Å²) in [7, 11) is 0. The molecule has 0 spiro atoms. The third-order valence-electron chi connectivity index (χ3n) is 5.41. The predicted octanol–water partition coefficient (Wildman–Crippen LogP) is 1.85. The highest BCUT2D eigenvalue weighted by Crippen LogP contribution is 2.36. The summed E-state index contributed by atoms with van der Waals surface area (Å²) in [5.74, 6) is -3.22. The quantitative estimate of drug-likeness (QED) is 0.406. The Morgan fingerprint density at radius 2 is 1.42 bits per heavy atom. The molecule has 2 aliphatic rings. The van der Waals surface area contributed by atoms with Gasteiger partial charge >= 0.3 is 5.97 Å². The summed E-state index contributed by atoms with van der Waals surface area (Å²) in [6.07, 6.45) is 3.56. The van der Waals surface area contributed by atoms with Crippen molar-refractivity contribution in [1.82, 2.24) is 4.90 Å². The van der Waals surface area contributed by atoms with Crippen LogP contribution in [0.15, 0.2) is 36.4 Å². The number of fused-ring (bicyclic) bond motifs is 1. The van der Waals surface area contributed by atoms with Crippen LogP contribution in [0.25, 0.3) is 0 Å². The van der Waals surface area contributed by atoms with Gasteiger partial charge in [0.15, 0.2) is 6.10 Å². The van der Waals surface area contributed by atoms with Crippen LogP contribution in [0.3, 0.4) is 0 Å². The first-order chi connectivity index (χ1) is 14.7. The number of anilines is 2. The van der Waals surface area contributed by atoms with E-state index in [1.165, 1.54) is 20.8 Å². The number of imide groups is 1. The fourth-order valence-electron chi connectivity index (χ4n) is 3.72. The number of likely N-dealkylation sites (tertiary alicyclic amines) is 1. The topological polar surface area (TPSA) is 122 Å². The number of allylic oxidation sites excluding steroid dienone is 2. The van der Waals surface area contributed by atoms with Gasteiger partial charge in [-0.15, -0.1) is 0 Å². The first kappa shape index (κ1) is 22.2. The van der Waals surface area contributed by atoms with Crippen LogP contribution in [-0.2, 0) is 28.7 Å². The number of amides is 4. The van der Waals surface area contributed by atoms with Gasteiger partial charge in [0.25, 0.3) is 5.91 Å². The average Bonchev–Trinajstić information content (AvgIpc) is 2.99. The minimum atomic E-state index is -1.14. The van der Waals surface area contributed by atoms with Crippen LogP contribution < -0.4 is 10.6 Å². The Morgan fingerprint density at radius 3 is 1.90 bits per heavy atom. The van der Waals surface area contributed by atoms with Crippen LogP contribution in [0.4, 0.5) is 11.4 Å². The fraction of sp³-hybridized carbons (Fsp3) is 0.409. The summed E-state index contributed by atoms with van der Waals surface area (Å²) < 4.78 is 5.22. The van der Waals surface area contributed by atoms with Crippen molar-refractivity contribution in [2.24, 2.45) is 11.8 Å². The van der Waals surface area contributed by atoms with Crippen molar-refractivity contribution in [3.05, 3.63) is 36.4 Å². The zero-order chi connectivity index (χ0) is 22.7. The zero-order valence-corrected chi connectivity index (χ0v) is 17.6. The molecule has 9 nitrogen and oxygen atoms in total. The lowest BCUT2D eigenvalue weighted by atomic mass is 9.85. The van der Waals surface area contributed by atoms with Gasteiger partial charge in [-0.3, -0.25) is 24.1 Å². The van der Waals surface area contributed by atoms with Crippen LogP contribution in [-0.4, -0.2) is 46.6 Å². The lowest BCUT2D eigenvalue weighted by molar-refractivity contribution is -0.163. The maximum Gasteiger partial charge on any atom is 0.329 e. The van der Waals surface area contributed by atoms with Gasteiger partial charge in [0.2, 0.25) is 17.7 Å². The zero-order valence-electron chi connectivity index (χ0n) is 17.6. The van der Waals surface area contributed by atoms with Gasteiger partial charge < -0.3 is 15.4 Å². The van der Waals surface area contributed by atoms with Crippen molar-refractivity contribution in [3.63, 3.8) is 0 Å². The maximum atomic E-state index is 12.6. The number of rotatable bonds is 6. The molecule has 1 saturated heterocycles. The number of esters is 1. The molecule has 0 aromatic heterocycles. The van der Waals surface area contributed by atoms with E-state index in [4.69, 9.17) is 4.74 Å². The smallest absolute Gasteiger partial charge is 0.329 e. The third-order valence-corrected chi connectivity index (χ3v) is 5.41. The number of carbonyl (C=O) groups excluding carboxylic acids is 5. The van der Waals surface area contributed by atoms with Crippen molar-refractivity contribution in [3.8, 4) is 0 Å². The molecule has 4 atom stereocenters. The molecule has 164 valence electrons. The molecule has 0 radical (unpaired) electrons. The van der Waals surface area contributed by atoms with E-state index in [1.807, 2.05) is 12.2 Å². The molecule has 1 aliphatic carbocycles. The van der Waals surface area contributed by atoms with Crippen LogP contribution in [0.2, 0.25) is 0 Å². The molecule has 9 heteroatoms. The molecule has 1 fully saturated rings. The van der Waals surface area contributed by atoms with E-state index >= 15 is 0 Å². The van der Waals surface area contributed by atoms with Gasteiger partial charge in [-0.1, -0.05) is 12.2 Å². The Balaban J connectivity index is 1.57. The Hall–Kier alpha value is -3.49. The number of nitrogens with zero attached hydrogens (tertiary/aromatic N) is 1. The summed E-state index contributed by atoms with van der Waals surface area (Å²) >= 11 is 0. The third kappa shape index (κ3) is 4.82. The monoisotopic (exact) mass is 427 g/mol. The van der Waals surface area contributed by atoms with Crippen LogP contribution in [0.5, 0.6) is 0 Å². The molecule has 1 aromatic rings. The molecule has 1 aromatic carbocycles. The van der Waals surface area contributed by atoms with Gasteiger partial charge in [-0.05, 0) is 51.0 Å².